The lowest BCUT2D eigenvalue weighted by Crippen LogP contribution is -2.25. The van der Waals surface area contributed by atoms with Crippen LogP contribution in [0.15, 0.2) is 42.7 Å². The van der Waals surface area contributed by atoms with E-state index < -0.39 is 0 Å². The fourth-order valence-corrected chi connectivity index (χ4v) is 2.41. The molecule has 1 aliphatic rings. The highest BCUT2D eigenvalue weighted by molar-refractivity contribution is 5.34. The molecule has 2 aromatic rings. The zero-order chi connectivity index (χ0) is 12.9. The van der Waals surface area contributed by atoms with E-state index in [1.807, 2.05) is 16.9 Å². The molecule has 4 heteroatoms. The Hall–Kier alpha value is -1.65. The molecule has 100 valence electrons. The summed E-state index contributed by atoms with van der Waals surface area (Å²) >= 11 is 0. The Morgan fingerprint density at radius 3 is 3.16 bits per heavy atom. The Morgan fingerprint density at radius 2 is 2.37 bits per heavy atom. The topological polar surface area (TPSA) is 39.1 Å². The van der Waals surface area contributed by atoms with Gasteiger partial charge in [0.25, 0.3) is 0 Å². The molecule has 19 heavy (non-hydrogen) atoms. The maximum absolute atomic E-state index is 5.60. The van der Waals surface area contributed by atoms with Crippen molar-refractivity contribution in [3.05, 3.63) is 48.3 Å². The summed E-state index contributed by atoms with van der Waals surface area (Å²) in [6.45, 7) is 2.72. The van der Waals surface area contributed by atoms with Crippen LogP contribution in [0.1, 0.15) is 18.4 Å². The SMILES string of the molecule is c1cc(CNCC2CCCO2)cc(-n2cccn2)c1. The highest BCUT2D eigenvalue weighted by Gasteiger charge is 2.14. The molecule has 1 atom stereocenters. The van der Waals surface area contributed by atoms with Crippen molar-refractivity contribution in [1.29, 1.82) is 0 Å². The number of nitrogens with zero attached hydrogens (tertiary/aromatic N) is 2. The van der Waals surface area contributed by atoms with Crippen molar-refractivity contribution in [2.75, 3.05) is 13.2 Å². The van der Waals surface area contributed by atoms with Gasteiger partial charge >= 0.3 is 0 Å². The van der Waals surface area contributed by atoms with Gasteiger partial charge in [-0.05, 0) is 36.6 Å². The second kappa shape index (κ2) is 5.99. The van der Waals surface area contributed by atoms with E-state index in [-0.39, 0.29) is 0 Å². The molecule has 1 unspecified atom stereocenters. The summed E-state index contributed by atoms with van der Waals surface area (Å²) in [5.41, 5.74) is 2.37. The number of ether oxygens (including phenoxy) is 1. The third-order valence-electron chi connectivity index (χ3n) is 3.40. The van der Waals surface area contributed by atoms with Crippen LogP contribution < -0.4 is 5.32 Å². The molecule has 1 N–H and O–H groups in total. The molecule has 1 aromatic heterocycles. The van der Waals surface area contributed by atoms with E-state index in [9.17, 15) is 0 Å². The second-order valence-corrected chi connectivity index (χ2v) is 4.89. The number of aromatic nitrogens is 2. The van der Waals surface area contributed by atoms with Crippen LogP contribution in [0.5, 0.6) is 0 Å². The summed E-state index contributed by atoms with van der Waals surface area (Å²) in [4.78, 5) is 0. The Bertz CT molecular complexity index is 504. The van der Waals surface area contributed by atoms with Crippen molar-refractivity contribution in [2.45, 2.75) is 25.5 Å². The zero-order valence-electron chi connectivity index (χ0n) is 11.0. The van der Waals surface area contributed by atoms with Gasteiger partial charge in [0.2, 0.25) is 0 Å². The molecular weight excluding hydrogens is 238 g/mol. The summed E-state index contributed by atoms with van der Waals surface area (Å²) in [5, 5.41) is 7.71. The molecule has 0 radical (unpaired) electrons. The fourth-order valence-electron chi connectivity index (χ4n) is 2.41. The molecule has 1 fully saturated rings. The van der Waals surface area contributed by atoms with Gasteiger partial charge in [0.1, 0.15) is 0 Å². The van der Waals surface area contributed by atoms with Crippen LogP contribution in [0.4, 0.5) is 0 Å². The maximum atomic E-state index is 5.60. The van der Waals surface area contributed by atoms with Gasteiger partial charge in [-0.3, -0.25) is 0 Å². The molecule has 0 spiro atoms. The minimum atomic E-state index is 0.397. The van der Waals surface area contributed by atoms with Crippen LogP contribution in [0, 0.1) is 0 Å². The lowest BCUT2D eigenvalue weighted by molar-refractivity contribution is 0.110. The van der Waals surface area contributed by atoms with Gasteiger partial charge in [0.05, 0.1) is 11.8 Å². The van der Waals surface area contributed by atoms with E-state index in [4.69, 9.17) is 4.74 Å². The smallest absolute Gasteiger partial charge is 0.0700 e. The van der Waals surface area contributed by atoms with Crippen molar-refractivity contribution < 1.29 is 4.74 Å². The minimum absolute atomic E-state index is 0.397. The predicted octanol–water partition coefficient (Wildman–Crippen LogP) is 2.14. The summed E-state index contributed by atoms with van der Waals surface area (Å²) in [7, 11) is 0. The number of benzene rings is 1. The third kappa shape index (κ3) is 3.22. The van der Waals surface area contributed by atoms with Gasteiger partial charge in [0.15, 0.2) is 0 Å². The third-order valence-corrected chi connectivity index (χ3v) is 3.40. The fraction of sp³-hybridized carbons (Fsp3) is 0.400. The van der Waals surface area contributed by atoms with Crippen LogP contribution >= 0.6 is 0 Å². The largest absolute Gasteiger partial charge is 0.377 e. The predicted molar refractivity (Wildman–Crippen MR) is 74.2 cm³/mol. The summed E-state index contributed by atoms with van der Waals surface area (Å²) < 4.78 is 7.48. The van der Waals surface area contributed by atoms with Gasteiger partial charge in [-0.25, -0.2) is 4.68 Å². The van der Waals surface area contributed by atoms with E-state index in [0.717, 1.165) is 25.4 Å². The summed E-state index contributed by atoms with van der Waals surface area (Å²) in [6.07, 6.45) is 6.53. The van der Waals surface area contributed by atoms with Crippen LogP contribution in [0.25, 0.3) is 5.69 Å². The van der Waals surface area contributed by atoms with Gasteiger partial charge in [-0.1, -0.05) is 12.1 Å². The van der Waals surface area contributed by atoms with Crippen LogP contribution in [-0.4, -0.2) is 29.0 Å². The second-order valence-electron chi connectivity index (χ2n) is 4.89. The van der Waals surface area contributed by atoms with Crippen LogP contribution in [-0.2, 0) is 11.3 Å². The normalized spacial score (nSPS) is 18.8. The monoisotopic (exact) mass is 257 g/mol. The lowest BCUT2D eigenvalue weighted by Gasteiger charge is -2.11. The minimum Gasteiger partial charge on any atom is -0.377 e. The number of nitrogens with one attached hydrogen (secondary N) is 1. The van der Waals surface area contributed by atoms with E-state index in [2.05, 4.69) is 34.7 Å². The van der Waals surface area contributed by atoms with Crippen molar-refractivity contribution in [3.63, 3.8) is 0 Å². The first-order valence-corrected chi connectivity index (χ1v) is 6.83. The Morgan fingerprint density at radius 1 is 1.37 bits per heavy atom. The van der Waals surface area contributed by atoms with Crippen molar-refractivity contribution in [3.8, 4) is 5.69 Å². The molecule has 4 nitrogen and oxygen atoms in total. The molecule has 2 heterocycles. The molecule has 0 aliphatic carbocycles. The Labute approximate surface area is 113 Å². The van der Waals surface area contributed by atoms with E-state index in [1.54, 1.807) is 6.20 Å². The number of hydrogen-bond donors (Lipinski definition) is 1. The molecule has 1 saturated heterocycles. The van der Waals surface area contributed by atoms with E-state index in [0.29, 0.717) is 6.10 Å². The average molecular weight is 257 g/mol. The summed E-state index contributed by atoms with van der Waals surface area (Å²) in [5.74, 6) is 0. The molecule has 1 aliphatic heterocycles. The first-order valence-electron chi connectivity index (χ1n) is 6.83. The highest BCUT2D eigenvalue weighted by Crippen LogP contribution is 2.12. The molecule has 0 amide bonds. The van der Waals surface area contributed by atoms with Crippen LogP contribution in [0.2, 0.25) is 0 Å². The van der Waals surface area contributed by atoms with Crippen molar-refractivity contribution >= 4 is 0 Å². The highest BCUT2D eigenvalue weighted by atomic mass is 16.5. The zero-order valence-corrected chi connectivity index (χ0v) is 11.0. The van der Waals surface area contributed by atoms with Gasteiger partial charge in [-0.15, -0.1) is 0 Å². The number of hydrogen-bond acceptors (Lipinski definition) is 3. The molecular formula is C15H19N3O. The summed E-state index contributed by atoms with van der Waals surface area (Å²) in [6, 6.07) is 10.4. The van der Waals surface area contributed by atoms with Gasteiger partial charge in [-0.2, -0.15) is 5.10 Å². The average Bonchev–Trinajstić information content (AvgIpc) is 3.12. The van der Waals surface area contributed by atoms with E-state index in [1.165, 1.54) is 18.4 Å². The molecule has 3 rings (SSSR count). The first kappa shape index (κ1) is 12.4. The van der Waals surface area contributed by atoms with Crippen molar-refractivity contribution in [1.82, 2.24) is 15.1 Å². The molecule has 0 saturated carbocycles. The molecule has 1 aromatic carbocycles. The molecule has 0 bridgehead atoms. The quantitative estimate of drug-likeness (QED) is 0.892. The van der Waals surface area contributed by atoms with Crippen LogP contribution in [0.3, 0.4) is 0 Å². The van der Waals surface area contributed by atoms with E-state index >= 15 is 0 Å². The van der Waals surface area contributed by atoms with Gasteiger partial charge < -0.3 is 10.1 Å². The number of rotatable bonds is 5. The maximum Gasteiger partial charge on any atom is 0.0700 e. The Balaban J connectivity index is 1.57. The van der Waals surface area contributed by atoms with Gasteiger partial charge in [0, 0.05) is 32.1 Å². The Kier molecular flexibility index (Phi) is 3.91. The first-order chi connectivity index (χ1) is 9.42. The lowest BCUT2D eigenvalue weighted by atomic mass is 10.2. The standard InChI is InChI=1S/C15H19N3O/c1-4-13(11-16-12-15-6-2-9-19-15)10-14(5-1)18-8-3-7-17-18/h1,3-5,7-8,10,15-16H,2,6,9,11-12H2. The van der Waals surface area contributed by atoms with Crippen molar-refractivity contribution in [2.24, 2.45) is 0 Å².